The molecule has 2 heteroatoms. The van der Waals surface area contributed by atoms with E-state index in [4.69, 9.17) is 4.42 Å². The Kier molecular flexibility index (Phi) is 6.51. The summed E-state index contributed by atoms with van der Waals surface area (Å²) in [6.07, 6.45) is 0. The summed E-state index contributed by atoms with van der Waals surface area (Å²) in [4.78, 5) is 0. The molecule has 0 saturated heterocycles. The molecule has 0 saturated carbocycles. The number of benzene rings is 7. The van der Waals surface area contributed by atoms with Gasteiger partial charge in [-0.2, -0.15) is 0 Å². The number of hydrogen-bond donors (Lipinski definition) is 1. The topological polar surface area (TPSA) is 25.2 Å². The molecular weight excluding hydrogens is 534 g/mol. The molecule has 0 aliphatic rings. The van der Waals surface area contributed by atoms with Gasteiger partial charge in [-0.1, -0.05) is 146 Å². The van der Waals surface area contributed by atoms with Gasteiger partial charge < -0.3 is 9.73 Å². The van der Waals surface area contributed by atoms with Crippen LogP contribution in [0.4, 0.5) is 11.4 Å². The van der Waals surface area contributed by atoms with Gasteiger partial charge in [0, 0.05) is 33.3 Å². The number of para-hydroxylation sites is 2. The van der Waals surface area contributed by atoms with E-state index in [2.05, 4.69) is 163 Å². The highest BCUT2D eigenvalue weighted by molar-refractivity contribution is 6.13. The maximum atomic E-state index is 6.70. The van der Waals surface area contributed by atoms with E-state index in [1.54, 1.807) is 0 Å². The molecule has 0 aliphatic carbocycles. The maximum absolute atomic E-state index is 6.70. The van der Waals surface area contributed by atoms with Crippen molar-refractivity contribution in [1.82, 2.24) is 0 Å². The van der Waals surface area contributed by atoms with Crippen LogP contribution in [-0.4, -0.2) is 0 Å². The van der Waals surface area contributed by atoms with Gasteiger partial charge >= 0.3 is 0 Å². The van der Waals surface area contributed by atoms with Crippen LogP contribution in [0.3, 0.4) is 0 Å². The normalized spacial score (nSPS) is 11.2. The molecule has 0 unspecified atom stereocenters. The Labute approximate surface area is 256 Å². The number of nitrogens with one attached hydrogen (secondary N) is 1. The Balaban J connectivity index is 1.09. The minimum atomic E-state index is 0.910. The van der Waals surface area contributed by atoms with Crippen molar-refractivity contribution in [1.29, 1.82) is 0 Å². The molecule has 208 valence electrons. The monoisotopic (exact) mass is 563 g/mol. The first-order valence-electron chi connectivity index (χ1n) is 14.9. The van der Waals surface area contributed by atoms with Gasteiger partial charge in [-0.25, -0.2) is 0 Å². The number of furan rings is 1. The molecule has 0 amide bonds. The summed E-state index contributed by atoms with van der Waals surface area (Å²) in [7, 11) is 0. The Morgan fingerprint density at radius 1 is 0.295 bits per heavy atom. The predicted molar refractivity (Wildman–Crippen MR) is 185 cm³/mol. The van der Waals surface area contributed by atoms with Gasteiger partial charge in [-0.05, 0) is 57.6 Å². The first-order valence-corrected chi connectivity index (χ1v) is 14.9. The lowest BCUT2D eigenvalue weighted by molar-refractivity contribution is 0.671. The van der Waals surface area contributed by atoms with Gasteiger partial charge in [0.1, 0.15) is 11.2 Å². The maximum Gasteiger partial charge on any atom is 0.143 e. The Bertz CT molecular complexity index is 2190. The second kappa shape index (κ2) is 11.1. The average molecular weight is 564 g/mol. The van der Waals surface area contributed by atoms with Gasteiger partial charge in [0.25, 0.3) is 0 Å². The molecule has 1 N–H and O–H groups in total. The van der Waals surface area contributed by atoms with Crippen molar-refractivity contribution < 1.29 is 4.42 Å². The van der Waals surface area contributed by atoms with Crippen LogP contribution >= 0.6 is 0 Å². The summed E-state index contributed by atoms with van der Waals surface area (Å²) < 4.78 is 6.70. The van der Waals surface area contributed by atoms with E-state index in [1.165, 1.54) is 22.3 Å². The van der Waals surface area contributed by atoms with Crippen molar-refractivity contribution in [3.8, 4) is 44.5 Å². The zero-order chi connectivity index (χ0) is 29.3. The van der Waals surface area contributed by atoms with E-state index in [1.807, 2.05) is 12.1 Å². The van der Waals surface area contributed by atoms with Crippen molar-refractivity contribution in [3.63, 3.8) is 0 Å². The number of fused-ring (bicyclic) bond motifs is 3. The average Bonchev–Trinajstić information content (AvgIpc) is 3.49. The van der Waals surface area contributed by atoms with Gasteiger partial charge in [0.05, 0.1) is 0 Å². The Hall–Kier alpha value is -5.86. The van der Waals surface area contributed by atoms with Crippen LogP contribution in [0.2, 0.25) is 0 Å². The molecule has 0 spiro atoms. The summed E-state index contributed by atoms with van der Waals surface area (Å²) in [6, 6.07) is 59.6. The molecule has 7 aromatic carbocycles. The van der Waals surface area contributed by atoms with Crippen LogP contribution in [0.5, 0.6) is 0 Å². The zero-order valence-corrected chi connectivity index (χ0v) is 24.1. The Morgan fingerprint density at radius 3 is 1.11 bits per heavy atom. The summed E-state index contributed by atoms with van der Waals surface area (Å²) in [5, 5.41) is 5.79. The van der Waals surface area contributed by atoms with Gasteiger partial charge in [0.15, 0.2) is 0 Å². The highest BCUT2D eigenvalue weighted by atomic mass is 16.3. The summed E-state index contributed by atoms with van der Waals surface area (Å²) >= 11 is 0. The van der Waals surface area contributed by atoms with E-state index < -0.39 is 0 Å². The lowest BCUT2D eigenvalue weighted by atomic mass is 9.98. The molecule has 0 aliphatic heterocycles. The van der Waals surface area contributed by atoms with Crippen LogP contribution in [-0.2, 0) is 0 Å². The highest BCUT2D eigenvalue weighted by Crippen LogP contribution is 2.40. The van der Waals surface area contributed by atoms with E-state index >= 15 is 0 Å². The number of anilines is 2. The first-order chi connectivity index (χ1) is 21.8. The lowest BCUT2D eigenvalue weighted by Crippen LogP contribution is -1.90. The fourth-order valence-electron chi connectivity index (χ4n) is 6.02. The molecule has 8 rings (SSSR count). The number of rotatable bonds is 6. The largest absolute Gasteiger partial charge is 0.455 e. The van der Waals surface area contributed by atoms with Crippen molar-refractivity contribution >= 4 is 33.3 Å². The molecule has 0 fully saturated rings. The third-order valence-corrected chi connectivity index (χ3v) is 8.30. The molecule has 44 heavy (non-hydrogen) atoms. The van der Waals surface area contributed by atoms with E-state index in [-0.39, 0.29) is 0 Å². The van der Waals surface area contributed by atoms with Crippen LogP contribution < -0.4 is 5.32 Å². The van der Waals surface area contributed by atoms with Crippen LogP contribution in [0.15, 0.2) is 174 Å². The first kappa shape index (κ1) is 25.8. The fourth-order valence-corrected chi connectivity index (χ4v) is 6.02. The van der Waals surface area contributed by atoms with Crippen molar-refractivity contribution in [2.75, 3.05) is 5.32 Å². The minimum Gasteiger partial charge on any atom is -0.455 e. The fraction of sp³-hybridized carbons (Fsp3) is 0. The summed E-state index contributed by atoms with van der Waals surface area (Å²) in [5.41, 5.74) is 13.2. The lowest BCUT2D eigenvalue weighted by Gasteiger charge is -2.09. The second-order valence-electron chi connectivity index (χ2n) is 11.1. The molecule has 1 aromatic heterocycles. The van der Waals surface area contributed by atoms with Crippen LogP contribution in [0.25, 0.3) is 66.4 Å². The smallest absolute Gasteiger partial charge is 0.143 e. The van der Waals surface area contributed by atoms with Gasteiger partial charge in [-0.15, -0.1) is 0 Å². The molecular formula is C42H29NO. The van der Waals surface area contributed by atoms with Crippen molar-refractivity contribution in [2.24, 2.45) is 0 Å². The second-order valence-corrected chi connectivity index (χ2v) is 11.1. The third-order valence-electron chi connectivity index (χ3n) is 8.30. The van der Waals surface area contributed by atoms with Crippen molar-refractivity contribution in [3.05, 3.63) is 170 Å². The van der Waals surface area contributed by atoms with Crippen LogP contribution in [0.1, 0.15) is 0 Å². The summed E-state index contributed by atoms with van der Waals surface area (Å²) in [5.74, 6) is 0. The number of hydrogen-bond acceptors (Lipinski definition) is 2. The standard InChI is InChI=1S/C42H29NO/c1-3-9-29(10-4-1)31-17-19-33(20-18-31)37-13-7-15-39-40-16-8-14-38(42(40)44-41(37)39)34-23-27-36(28-24-34)43-35-25-21-32(22-26-35)30-11-5-2-6-12-30/h1-28,43H. The van der Waals surface area contributed by atoms with Gasteiger partial charge in [0.2, 0.25) is 0 Å². The van der Waals surface area contributed by atoms with Crippen molar-refractivity contribution in [2.45, 2.75) is 0 Å². The van der Waals surface area contributed by atoms with E-state index in [0.717, 1.165) is 55.6 Å². The Morgan fingerprint density at radius 2 is 0.659 bits per heavy atom. The summed E-state index contributed by atoms with van der Waals surface area (Å²) in [6.45, 7) is 0. The predicted octanol–water partition coefficient (Wildman–Crippen LogP) is 12.0. The molecule has 1 heterocycles. The SMILES string of the molecule is c1ccc(-c2ccc(Nc3ccc(-c4cccc5c4oc4c(-c6ccc(-c7ccccc7)cc6)cccc45)cc3)cc2)cc1. The molecule has 8 aromatic rings. The van der Waals surface area contributed by atoms with Crippen LogP contribution in [0, 0.1) is 0 Å². The molecule has 0 bridgehead atoms. The van der Waals surface area contributed by atoms with E-state index in [9.17, 15) is 0 Å². The zero-order valence-electron chi connectivity index (χ0n) is 24.1. The molecule has 0 radical (unpaired) electrons. The molecule has 0 atom stereocenters. The van der Waals surface area contributed by atoms with Gasteiger partial charge in [-0.3, -0.25) is 0 Å². The minimum absolute atomic E-state index is 0.910. The highest BCUT2D eigenvalue weighted by Gasteiger charge is 2.15. The third kappa shape index (κ3) is 4.83. The molecule has 2 nitrogen and oxygen atoms in total. The quantitative estimate of drug-likeness (QED) is 0.218. The van der Waals surface area contributed by atoms with E-state index in [0.29, 0.717) is 0 Å².